The first-order valence-corrected chi connectivity index (χ1v) is 10.7. The quantitative estimate of drug-likeness (QED) is 0.747. The summed E-state index contributed by atoms with van der Waals surface area (Å²) in [5, 5.41) is 12.0. The molecule has 2 saturated heterocycles. The summed E-state index contributed by atoms with van der Waals surface area (Å²) < 4.78 is 17.2. The van der Waals surface area contributed by atoms with E-state index in [9.17, 15) is 14.4 Å². The Morgan fingerprint density at radius 1 is 1.19 bits per heavy atom. The molecule has 31 heavy (non-hydrogen) atoms. The molecule has 0 aliphatic carbocycles. The molecule has 0 spiro atoms. The average Bonchev–Trinajstić information content (AvgIpc) is 2.77. The van der Waals surface area contributed by atoms with Crippen molar-refractivity contribution in [3.05, 3.63) is 23.8 Å². The number of nitrogens with zero attached hydrogens (tertiary/aromatic N) is 1. The molecule has 4 rings (SSSR count). The van der Waals surface area contributed by atoms with Crippen molar-refractivity contribution in [3.8, 4) is 5.75 Å². The number of anilines is 1. The number of carboxylic acids is 1. The van der Waals surface area contributed by atoms with Crippen LogP contribution in [0, 0.1) is 5.92 Å². The second-order valence-corrected chi connectivity index (χ2v) is 8.35. The van der Waals surface area contributed by atoms with Gasteiger partial charge in [0.05, 0.1) is 24.1 Å². The molecule has 168 valence electrons. The van der Waals surface area contributed by atoms with E-state index in [2.05, 4.69) is 5.32 Å². The Morgan fingerprint density at radius 2 is 1.97 bits per heavy atom. The maximum absolute atomic E-state index is 13.2. The fourth-order valence-corrected chi connectivity index (χ4v) is 4.50. The maximum Gasteiger partial charge on any atom is 0.305 e. The molecule has 0 aromatic heterocycles. The van der Waals surface area contributed by atoms with Crippen molar-refractivity contribution in [2.45, 2.75) is 50.4 Å². The van der Waals surface area contributed by atoms with Gasteiger partial charge in [0.1, 0.15) is 18.5 Å². The molecule has 1 aromatic rings. The van der Waals surface area contributed by atoms with Gasteiger partial charge in [0.25, 0.3) is 5.91 Å². The molecule has 0 bridgehead atoms. The van der Waals surface area contributed by atoms with E-state index in [-0.39, 0.29) is 42.9 Å². The van der Waals surface area contributed by atoms with Crippen LogP contribution < -0.4 is 10.1 Å². The number of ether oxygens (including phenoxy) is 3. The minimum absolute atomic E-state index is 0.0619. The molecule has 2 fully saturated rings. The zero-order valence-corrected chi connectivity index (χ0v) is 17.5. The van der Waals surface area contributed by atoms with Gasteiger partial charge in [-0.2, -0.15) is 0 Å². The Bertz CT molecular complexity index is 852. The van der Waals surface area contributed by atoms with Crippen molar-refractivity contribution in [1.82, 2.24) is 4.90 Å². The Kier molecular flexibility index (Phi) is 6.43. The highest BCUT2D eigenvalue weighted by molar-refractivity contribution is 6.00. The van der Waals surface area contributed by atoms with E-state index in [0.717, 1.165) is 0 Å². The predicted octanol–water partition coefficient (Wildman–Crippen LogP) is 1.91. The van der Waals surface area contributed by atoms with Crippen LogP contribution in [0.1, 0.15) is 42.5 Å². The number of carboxylic acid groups (broad SMARTS) is 1. The highest BCUT2D eigenvalue weighted by Crippen LogP contribution is 2.32. The molecule has 2 amide bonds. The van der Waals surface area contributed by atoms with Crippen LogP contribution in [0.2, 0.25) is 0 Å². The van der Waals surface area contributed by atoms with Crippen molar-refractivity contribution in [2.75, 3.05) is 32.2 Å². The van der Waals surface area contributed by atoms with E-state index in [1.165, 1.54) is 0 Å². The van der Waals surface area contributed by atoms with Crippen LogP contribution in [0.3, 0.4) is 0 Å². The van der Waals surface area contributed by atoms with Gasteiger partial charge in [-0.1, -0.05) is 0 Å². The Morgan fingerprint density at radius 3 is 2.71 bits per heavy atom. The standard InChI is InChI=1S/C22H28N2O7/c1-24-17-4-3-15(11-20(25)26)31-19(17)12-30-18-5-2-14(10-16(18)22(24)28)23-21(27)13-6-8-29-9-7-13/h2,5,10,13,15,17,19H,3-4,6-9,11-12H2,1H3,(H,23,27)(H,25,26)/t15-,17+,19+/m1/s1. The van der Waals surface area contributed by atoms with Gasteiger partial charge in [-0.15, -0.1) is 0 Å². The Labute approximate surface area is 180 Å². The predicted molar refractivity (Wildman–Crippen MR) is 110 cm³/mol. The second kappa shape index (κ2) is 9.23. The lowest BCUT2D eigenvalue weighted by Crippen LogP contribution is -2.53. The van der Waals surface area contributed by atoms with E-state index < -0.39 is 12.1 Å². The minimum atomic E-state index is -0.902. The third-order valence-corrected chi connectivity index (χ3v) is 6.27. The number of benzene rings is 1. The van der Waals surface area contributed by atoms with Gasteiger partial charge >= 0.3 is 5.97 Å². The van der Waals surface area contributed by atoms with Gasteiger partial charge in [0.15, 0.2) is 0 Å². The third kappa shape index (κ3) is 4.83. The summed E-state index contributed by atoms with van der Waals surface area (Å²) in [7, 11) is 1.73. The van der Waals surface area contributed by atoms with E-state index >= 15 is 0 Å². The van der Waals surface area contributed by atoms with Crippen molar-refractivity contribution < 1.29 is 33.7 Å². The summed E-state index contributed by atoms with van der Waals surface area (Å²) in [5.41, 5.74) is 0.942. The minimum Gasteiger partial charge on any atom is -0.490 e. The summed E-state index contributed by atoms with van der Waals surface area (Å²) in [5.74, 6) is -0.860. The first-order valence-electron chi connectivity index (χ1n) is 10.7. The fourth-order valence-electron chi connectivity index (χ4n) is 4.50. The number of carbonyl (C=O) groups is 3. The molecule has 9 heteroatoms. The summed E-state index contributed by atoms with van der Waals surface area (Å²) in [6, 6.07) is 4.85. The Balaban J connectivity index is 1.49. The monoisotopic (exact) mass is 432 g/mol. The number of hydrogen-bond donors (Lipinski definition) is 2. The normalized spacial score (nSPS) is 26.7. The van der Waals surface area contributed by atoms with E-state index in [1.807, 2.05) is 0 Å². The van der Waals surface area contributed by atoms with Crippen LogP contribution in [-0.4, -0.2) is 72.9 Å². The van der Waals surface area contributed by atoms with Crippen LogP contribution in [0.25, 0.3) is 0 Å². The van der Waals surface area contributed by atoms with Gasteiger partial charge in [-0.25, -0.2) is 0 Å². The number of amides is 2. The van der Waals surface area contributed by atoms with Gasteiger partial charge in [-0.05, 0) is 43.9 Å². The smallest absolute Gasteiger partial charge is 0.305 e. The highest BCUT2D eigenvalue weighted by Gasteiger charge is 2.39. The zero-order valence-electron chi connectivity index (χ0n) is 17.5. The van der Waals surface area contributed by atoms with Gasteiger partial charge in [0, 0.05) is 31.9 Å². The number of hydrogen-bond acceptors (Lipinski definition) is 6. The first-order chi connectivity index (χ1) is 14.9. The molecule has 0 unspecified atom stereocenters. The third-order valence-electron chi connectivity index (χ3n) is 6.27. The zero-order chi connectivity index (χ0) is 22.0. The van der Waals surface area contributed by atoms with Gasteiger partial charge in [0.2, 0.25) is 5.91 Å². The van der Waals surface area contributed by atoms with Crippen molar-refractivity contribution in [3.63, 3.8) is 0 Å². The van der Waals surface area contributed by atoms with E-state index in [4.69, 9.17) is 19.3 Å². The van der Waals surface area contributed by atoms with Crippen LogP contribution >= 0.6 is 0 Å². The second-order valence-electron chi connectivity index (χ2n) is 8.35. The number of carbonyl (C=O) groups excluding carboxylic acids is 2. The van der Waals surface area contributed by atoms with Crippen molar-refractivity contribution >= 4 is 23.5 Å². The van der Waals surface area contributed by atoms with E-state index in [0.29, 0.717) is 55.9 Å². The van der Waals surface area contributed by atoms with Crippen LogP contribution in [-0.2, 0) is 19.1 Å². The molecule has 3 atom stereocenters. The lowest BCUT2D eigenvalue weighted by Gasteiger charge is -2.42. The number of nitrogens with one attached hydrogen (secondary N) is 1. The lowest BCUT2D eigenvalue weighted by molar-refractivity contribution is -0.148. The van der Waals surface area contributed by atoms with Crippen LogP contribution in [0.4, 0.5) is 5.69 Å². The average molecular weight is 432 g/mol. The van der Waals surface area contributed by atoms with E-state index in [1.54, 1.807) is 30.1 Å². The molecule has 3 heterocycles. The summed E-state index contributed by atoms with van der Waals surface area (Å²) in [6.45, 7) is 1.38. The lowest BCUT2D eigenvalue weighted by atomic mass is 9.94. The number of likely N-dealkylation sites (N-methyl/N-ethyl adjacent to an activating group) is 1. The SMILES string of the molecule is CN1C(=O)c2cc(NC(=O)C3CCOCC3)ccc2OC[C@@H]2O[C@@H](CC(=O)O)CC[C@@H]21. The molecule has 3 aliphatic rings. The molecule has 1 aromatic carbocycles. The summed E-state index contributed by atoms with van der Waals surface area (Å²) in [4.78, 5) is 38.4. The van der Waals surface area contributed by atoms with Gasteiger partial charge in [-0.3, -0.25) is 14.4 Å². The molecule has 9 nitrogen and oxygen atoms in total. The summed E-state index contributed by atoms with van der Waals surface area (Å²) >= 11 is 0. The van der Waals surface area contributed by atoms with Crippen LogP contribution in [0.5, 0.6) is 5.75 Å². The molecule has 0 saturated carbocycles. The fraction of sp³-hybridized carbons (Fsp3) is 0.591. The van der Waals surface area contributed by atoms with Gasteiger partial charge < -0.3 is 29.5 Å². The molecular weight excluding hydrogens is 404 g/mol. The van der Waals surface area contributed by atoms with Crippen molar-refractivity contribution in [1.29, 1.82) is 0 Å². The van der Waals surface area contributed by atoms with Crippen LogP contribution in [0.15, 0.2) is 18.2 Å². The largest absolute Gasteiger partial charge is 0.490 e. The summed E-state index contributed by atoms with van der Waals surface area (Å²) in [6.07, 6.45) is 1.75. The molecular formula is C22H28N2O7. The number of fused-ring (bicyclic) bond motifs is 2. The Hall–Kier alpha value is -2.65. The molecule has 0 radical (unpaired) electrons. The first kappa shape index (κ1) is 21.6. The molecule has 2 N–H and O–H groups in total. The topological polar surface area (TPSA) is 114 Å². The number of rotatable bonds is 4. The maximum atomic E-state index is 13.2. The highest BCUT2D eigenvalue weighted by atomic mass is 16.5. The number of aliphatic carboxylic acids is 1. The molecule has 3 aliphatic heterocycles. The van der Waals surface area contributed by atoms with Crippen molar-refractivity contribution in [2.24, 2.45) is 5.92 Å².